The zero-order valence-electron chi connectivity index (χ0n) is 14.7. The van der Waals surface area contributed by atoms with E-state index in [1.54, 1.807) is 7.11 Å². The first-order valence-corrected chi connectivity index (χ1v) is 8.08. The van der Waals surface area contributed by atoms with E-state index >= 15 is 0 Å². The Kier molecular flexibility index (Phi) is 10.1. The van der Waals surface area contributed by atoms with Crippen LogP contribution in [0.25, 0.3) is 10.9 Å². The van der Waals surface area contributed by atoms with E-state index in [1.807, 2.05) is 33.8 Å². The van der Waals surface area contributed by atoms with E-state index in [0.717, 1.165) is 12.2 Å². The summed E-state index contributed by atoms with van der Waals surface area (Å²) in [5, 5.41) is 1.26. The Bertz CT molecular complexity index is 525. The Morgan fingerprint density at radius 2 is 1.86 bits per heavy atom. The molecule has 0 bridgehead atoms. The molecule has 0 amide bonds. The van der Waals surface area contributed by atoms with Gasteiger partial charge in [-0.25, -0.2) is 0 Å². The first kappa shape index (κ1) is 19.3. The number of methoxy groups -OCH3 is 1. The molecule has 2 nitrogen and oxygen atoms in total. The van der Waals surface area contributed by atoms with Gasteiger partial charge in [-0.2, -0.15) is 0 Å². The van der Waals surface area contributed by atoms with Gasteiger partial charge in [0.05, 0.1) is 7.11 Å². The zero-order valence-corrected chi connectivity index (χ0v) is 14.7. The molecular formula is C19H31NO. The van der Waals surface area contributed by atoms with Crippen molar-refractivity contribution in [2.45, 2.75) is 53.9 Å². The minimum absolute atomic E-state index is 0.473. The summed E-state index contributed by atoms with van der Waals surface area (Å²) in [5.74, 6) is 1.38. The third-order valence-corrected chi connectivity index (χ3v) is 3.18. The number of rotatable bonds is 4. The average molecular weight is 289 g/mol. The molecule has 0 spiro atoms. The van der Waals surface area contributed by atoms with Gasteiger partial charge in [-0.3, -0.25) is 0 Å². The van der Waals surface area contributed by atoms with Crippen LogP contribution in [-0.4, -0.2) is 12.1 Å². The largest absolute Gasteiger partial charge is 0.497 e. The Morgan fingerprint density at radius 1 is 1.19 bits per heavy atom. The van der Waals surface area contributed by atoms with Gasteiger partial charge >= 0.3 is 0 Å². The maximum atomic E-state index is 5.29. The summed E-state index contributed by atoms with van der Waals surface area (Å²) in [6, 6.07) is 6.16. The number of aromatic amines is 1. The predicted octanol–water partition coefficient (Wildman–Crippen LogP) is 6.30. The average Bonchev–Trinajstić information content (AvgIpc) is 2.99. The highest BCUT2D eigenvalue weighted by molar-refractivity contribution is 5.85. The van der Waals surface area contributed by atoms with Crippen LogP contribution in [0.15, 0.2) is 36.5 Å². The van der Waals surface area contributed by atoms with Crippen molar-refractivity contribution in [2.24, 2.45) is 0 Å². The molecular weight excluding hydrogens is 258 g/mol. The fourth-order valence-corrected chi connectivity index (χ4v) is 2.25. The molecule has 0 saturated heterocycles. The number of fused-ring (bicyclic) bond motifs is 1. The van der Waals surface area contributed by atoms with E-state index in [9.17, 15) is 0 Å². The number of H-pyrrole nitrogens is 1. The molecule has 0 aliphatic heterocycles. The first-order valence-electron chi connectivity index (χ1n) is 8.08. The Hall–Kier alpha value is -1.70. The van der Waals surface area contributed by atoms with E-state index in [0.29, 0.717) is 5.92 Å². The van der Waals surface area contributed by atoms with Gasteiger partial charge < -0.3 is 9.72 Å². The maximum absolute atomic E-state index is 5.29. The lowest BCUT2D eigenvalue weighted by Crippen LogP contribution is -1.91. The van der Waals surface area contributed by atoms with Crippen molar-refractivity contribution >= 4 is 10.9 Å². The number of benzene rings is 1. The smallest absolute Gasteiger partial charge is 0.119 e. The molecule has 21 heavy (non-hydrogen) atoms. The van der Waals surface area contributed by atoms with Crippen molar-refractivity contribution in [1.82, 2.24) is 4.98 Å². The van der Waals surface area contributed by atoms with Gasteiger partial charge in [0.15, 0.2) is 0 Å². The molecule has 1 aromatic heterocycles. The molecule has 2 aromatic rings. The Morgan fingerprint density at radius 3 is 2.38 bits per heavy atom. The lowest BCUT2D eigenvalue weighted by Gasteiger charge is -2.09. The number of allylic oxidation sites excluding steroid dienone is 2. The van der Waals surface area contributed by atoms with Crippen molar-refractivity contribution in [2.75, 3.05) is 7.11 Å². The molecule has 1 heterocycles. The minimum atomic E-state index is 0.473. The van der Waals surface area contributed by atoms with E-state index < -0.39 is 0 Å². The molecule has 1 N–H and O–H groups in total. The molecule has 0 fully saturated rings. The van der Waals surface area contributed by atoms with E-state index in [-0.39, 0.29) is 0 Å². The van der Waals surface area contributed by atoms with Gasteiger partial charge in [0.25, 0.3) is 0 Å². The first-order chi connectivity index (χ1) is 10.3. The standard InChI is InChI=1S/C15H19NO.2C2H6/c1-4-6-11(5-2)14-10-16-15-8-7-12(17-3)9-13(14)15;2*1-2/h4,6-11,16H,5H2,1-3H3;2*1-2H3/b6-4-;;. The normalized spacial score (nSPS) is 11.4. The second-order valence-electron chi connectivity index (χ2n) is 4.20. The summed E-state index contributed by atoms with van der Waals surface area (Å²) in [7, 11) is 1.71. The fraction of sp³-hybridized carbons (Fsp3) is 0.474. The molecule has 2 rings (SSSR count). The molecule has 118 valence electrons. The van der Waals surface area contributed by atoms with Gasteiger partial charge in [0.2, 0.25) is 0 Å². The van der Waals surface area contributed by atoms with Crippen LogP contribution in [0.5, 0.6) is 5.75 Å². The van der Waals surface area contributed by atoms with Crippen LogP contribution >= 0.6 is 0 Å². The van der Waals surface area contributed by atoms with E-state index in [2.05, 4.69) is 49.3 Å². The summed E-state index contributed by atoms with van der Waals surface area (Å²) >= 11 is 0. The van der Waals surface area contributed by atoms with Crippen molar-refractivity contribution < 1.29 is 4.74 Å². The van der Waals surface area contributed by atoms with Gasteiger partial charge in [-0.1, -0.05) is 46.8 Å². The molecule has 0 saturated carbocycles. The van der Waals surface area contributed by atoms with Crippen LogP contribution in [0.3, 0.4) is 0 Å². The highest BCUT2D eigenvalue weighted by Crippen LogP contribution is 2.31. The zero-order chi connectivity index (χ0) is 16.3. The fourth-order valence-electron chi connectivity index (χ4n) is 2.25. The summed E-state index contributed by atoms with van der Waals surface area (Å²) < 4.78 is 5.29. The van der Waals surface area contributed by atoms with Crippen LogP contribution < -0.4 is 4.74 Å². The second-order valence-corrected chi connectivity index (χ2v) is 4.20. The number of hydrogen-bond acceptors (Lipinski definition) is 1. The summed E-state index contributed by atoms with van der Waals surface area (Å²) in [6.07, 6.45) is 7.59. The van der Waals surface area contributed by atoms with Gasteiger partial charge in [-0.15, -0.1) is 0 Å². The van der Waals surface area contributed by atoms with Crippen molar-refractivity contribution in [3.05, 3.63) is 42.1 Å². The van der Waals surface area contributed by atoms with Crippen molar-refractivity contribution in [3.63, 3.8) is 0 Å². The third kappa shape index (κ3) is 4.96. The van der Waals surface area contributed by atoms with Crippen LogP contribution in [0.1, 0.15) is 59.4 Å². The van der Waals surface area contributed by atoms with Gasteiger partial charge in [-0.05, 0) is 37.1 Å². The van der Waals surface area contributed by atoms with E-state index in [1.165, 1.54) is 16.5 Å². The van der Waals surface area contributed by atoms with Crippen LogP contribution in [0.4, 0.5) is 0 Å². The highest BCUT2D eigenvalue weighted by Gasteiger charge is 2.11. The summed E-state index contributed by atoms with van der Waals surface area (Å²) in [6.45, 7) is 12.3. The van der Waals surface area contributed by atoms with Gasteiger partial charge in [0, 0.05) is 23.0 Å². The monoisotopic (exact) mass is 289 g/mol. The Balaban J connectivity index is 0.000000921. The third-order valence-electron chi connectivity index (χ3n) is 3.18. The summed E-state index contributed by atoms with van der Waals surface area (Å²) in [4.78, 5) is 3.32. The molecule has 1 atom stereocenters. The molecule has 1 unspecified atom stereocenters. The topological polar surface area (TPSA) is 25.0 Å². The lowest BCUT2D eigenvalue weighted by molar-refractivity contribution is 0.415. The lowest BCUT2D eigenvalue weighted by atomic mass is 9.95. The minimum Gasteiger partial charge on any atom is -0.497 e. The summed E-state index contributed by atoms with van der Waals surface area (Å²) in [5.41, 5.74) is 2.52. The number of aromatic nitrogens is 1. The van der Waals surface area contributed by atoms with Crippen LogP contribution in [0.2, 0.25) is 0 Å². The number of ether oxygens (including phenoxy) is 1. The maximum Gasteiger partial charge on any atom is 0.119 e. The number of nitrogens with one attached hydrogen (secondary N) is 1. The van der Waals surface area contributed by atoms with Crippen LogP contribution in [-0.2, 0) is 0 Å². The molecule has 0 radical (unpaired) electrons. The Labute approximate surface area is 130 Å². The molecule has 0 aliphatic carbocycles. The highest BCUT2D eigenvalue weighted by atomic mass is 16.5. The van der Waals surface area contributed by atoms with Crippen molar-refractivity contribution in [1.29, 1.82) is 0 Å². The molecule has 2 heteroatoms. The quantitative estimate of drug-likeness (QED) is 0.656. The van der Waals surface area contributed by atoms with Gasteiger partial charge in [0.1, 0.15) is 5.75 Å². The second kappa shape index (κ2) is 11.0. The van der Waals surface area contributed by atoms with Crippen molar-refractivity contribution in [3.8, 4) is 5.75 Å². The predicted molar refractivity (Wildman–Crippen MR) is 95.4 cm³/mol. The molecule has 1 aromatic carbocycles. The van der Waals surface area contributed by atoms with E-state index in [4.69, 9.17) is 4.74 Å². The molecule has 0 aliphatic rings. The number of hydrogen-bond donors (Lipinski definition) is 1. The van der Waals surface area contributed by atoms with Crippen LogP contribution in [0, 0.1) is 0 Å². The SMILES string of the molecule is C/C=C\C(CC)c1c[nH]c2ccc(OC)cc12.CC.CC.